The molecule has 74 valence electrons. The predicted molar refractivity (Wildman–Crippen MR) is 60.9 cm³/mol. The number of aromatic nitrogens is 1. The molecule has 0 bridgehead atoms. The van der Waals surface area contributed by atoms with Gasteiger partial charge >= 0.3 is 0 Å². The molecule has 3 heteroatoms. The highest BCUT2D eigenvalue weighted by Gasteiger charge is 1.94. The maximum absolute atomic E-state index is 11.2. The first-order chi connectivity index (χ1) is 6.72. The van der Waals surface area contributed by atoms with Crippen molar-refractivity contribution in [2.45, 2.75) is 19.8 Å². The lowest BCUT2D eigenvalue weighted by molar-refractivity contribution is -0.114. The Morgan fingerprint density at radius 1 is 1.57 bits per heavy atom. The molecule has 0 aliphatic rings. The first-order valence-electron chi connectivity index (χ1n) is 4.55. The molecular formula is C11H12BrNO. The first kappa shape index (κ1) is 11.1. The lowest BCUT2D eigenvalue weighted by Crippen LogP contribution is -1.90. The average molecular weight is 254 g/mol. The second-order valence-electron chi connectivity index (χ2n) is 2.95. The van der Waals surface area contributed by atoms with Gasteiger partial charge in [-0.25, -0.2) is 0 Å². The lowest BCUT2D eigenvalue weighted by Gasteiger charge is -1.92. The third-order valence-electron chi connectivity index (χ3n) is 1.69. The van der Waals surface area contributed by atoms with Crippen LogP contribution in [0.4, 0.5) is 0 Å². The van der Waals surface area contributed by atoms with Crippen molar-refractivity contribution in [3.05, 3.63) is 34.6 Å². The van der Waals surface area contributed by atoms with E-state index in [9.17, 15) is 4.79 Å². The van der Waals surface area contributed by atoms with Crippen LogP contribution < -0.4 is 0 Å². The maximum atomic E-state index is 11.2. The van der Waals surface area contributed by atoms with Crippen LogP contribution in [-0.4, -0.2) is 10.8 Å². The van der Waals surface area contributed by atoms with Crippen LogP contribution in [0, 0.1) is 0 Å². The van der Waals surface area contributed by atoms with E-state index >= 15 is 0 Å². The molecule has 0 aliphatic heterocycles. The fourth-order valence-electron chi connectivity index (χ4n) is 0.994. The van der Waals surface area contributed by atoms with Crippen molar-refractivity contribution in [3.63, 3.8) is 0 Å². The third-order valence-corrected chi connectivity index (χ3v) is 2.16. The zero-order valence-electron chi connectivity index (χ0n) is 8.03. The topological polar surface area (TPSA) is 30.0 Å². The summed E-state index contributed by atoms with van der Waals surface area (Å²) >= 11 is 3.30. The highest BCUT2D eigenvalue weighted by Crippen LogP contribution is 2.08. The van der Waals surface area contributed by atoms with Gasteiger partial charge in [-0.2, -0.15) is 0 Å². The fourth-order valence-corrected chi connectivity index (χ4v) is 1.23. The minimum absolute atomic E-state index is 0.150. The molecule has 2 nitrogen and oxygen atoms in total. The largest absolute Gasteiger partial charge is 0.295 e. The molecular weight excluding hydrogens is 242 g/mol. The van der Waals surface area contributed by atoms with Crippen molar-refractivity contribution in [1.29, 1.82) is 0 Å². The van der Waals surface area contributed by atoms with E-state index in [4.69, 9.17) is 0 Å². The molecule has 0 aromatic carbocycles. The van der Waals surface area contributed by atoms with Gasteiger partial charge < -0.3 is 0 Å². The number of hydrogen-bond donors (Lipinski definition) is 0. The zero-order valence-corrected chi connectivity index (χ0v) is 9.62. The Morgan fingerprint density at radius 3 is 2.93 bits per heavy atom. The predicted octanol–water partition coefficient (Wildman–Crippen LogP) is 3.23. The normalized spacial score (nSPS) is 10.7. The van der Waals surface area contributed by atoms with Gasteiger partial charge in [0.25, 0.3) is 0 Å². The van der Waals surface area contributed by atoms with Gasteiger partial charge in [-0.3, -0.25) is 9.78 Å². The molecule has 1 heterocycles. The summed E-state index contributed by atoms with van der Waals surface area (Å²) in [5.74, 6) is 0.150. The van der Waals surface area contributed by atoms with Crippen LogP contribution in [-0.2, 0) is 4.79 Å². The number of allylic oxidation sites excluding steroid dienone is 1. The molecule has 1 aromatic rings. The quantitative estimate of drug-likeness (QED) is 0.772. The molecule has 1 rings (SSSR count). The Labute approximate surface area is 92.2 Å². The van der Waals surface area contributed by atoms with Crippen molar-refractivity contribution < 1.29 is 4.79 Å². The third kappa shape index (κ3) is 3.83. The zero-order chi connectivity index (χ0) is 10.4. The van der Waals surface area contributed by atoms with Crippen molar-refractivity contribution >= 4 is 27.8 Å². The summed E-state index contributed by atoms with van der Waals surface area (Å²) in [7, 11) is 0. The molecule has 0 N–H and O–H groups in total. The van der Waals surface area contributed by atoms with Crippen molar-refractivity contribution in [2.24, 2.45) is 0 Å². The maximum Gasteiger partial charge on any atom is 0.155 e. The molecule has 0 spiro atoms. The summed E-state index contributed by atoms with van der Waals surface area (Å²) in [6.45, 7) is 1.99. The smallest absolute Gasteiger partial charge is 0.155 e. The van der Waals surface area contributed by atoms with Crippen LogP contribution in [0.5, 0.6) is 0 Å². The lowest BCUT2D eigenvalue weighted by atomic mass is 10.2. The SMILES string of the molecule is CCCC(=O)/C=C/c1ccc(Br)cn1. The van der Waals surface area contributed by atoms with E-state index in [1.165, 1.54) is 0 Å². The summed E-state index contributed by atoms with van der Waals surface area (Å²) in [6.07, 6.45) is 6.53. The summed E-state index contributed by atoms with van der Waals surface area (Å²) in [6, 6.07) is 3.76. The molecule has 0 saturated carbocycles. The van der Waals surface area contributed by atoms with E-state index in [0.29, 0.717) is 6.42 Å². The number of carbonyl (C=O) groups is 1. The summed E-state index contributed by atoms with van der Waals surface area (Å²) in [5, 5.41) is 0. The van der Waals surface area contributed by atoms with E-state index in [1.54, 1.807) is 18.3 Å². The van der Waals surface area contributed by atoms with Crippen LogP contribution >= 0.6 is 15.9 Å². The molecule has 0 fully saturated rings. The molecule has 1 aromatic heterocycles. The van der Waals surface area contributed by atoms with Crippen LogP contribution in [0.2, 0.25) is 0 Å². The molecule has 0 atom stereocenters. The van der Waals surface area contributed by atoms with Gasteiger partial charge in [-0.15, -0.1) is 0 Å². The van der Waals surface area contributed by atoms with E-state index < -0.39 is 0 Å². The van der Waals surface area contributed by atoms with E-state index in [2.05, 4.69) is 20.9 Å². The number of hydrogen-bond acceptors (Lipinski definition) is 2. The van der Waals surface area contributed by atoms with Gasteiger partial charge in [0.1, 0.15) is 0 Å². The minimum atomic E-state index is 0.150. The van der Waals surface area contributed by atoms with E-state index in [0.717, 1.165) is 16.6 Å². The number of carbonyl (C=O) groups excluding carboxylic acids is 1. The Hall–Kier alpha value is -0.960. The van der Waals surface area contributed by atoms with E-state index in [1.807, 2.05) is 19.1 Å². The van der Waals surface area contributed by atoms with E-state index in [-0.39, 0.29) is 5.78 Å². The second kappa shape index (κ2) is 5.70. The highest BCUT2D eigenvalue weighted by molar-refractivity contribution is 9.10. The molecule has 14 heavy (non-hydrogen) atoms. The van der Waals surface area contributed by atoms with Gasteiger partial charge in [0.2, 0.25) is 0 Å². The summed E-state index contributed by atoms with van der Waals surface area (Å²) < 4.78 is 0.939. The van der Waals surface area contributed by atoms with Crippen LogP contribution in [0.25, 0.3) is 6.08 Å². The minimum Gasteiger partial charge on any atom is -0.295 e. The Kier molecular flexibility index (Phi) is 4.53. The number of nitrogens with zero attached hydrogens (tertiary/aromatic N) is 1. The van der Waals surface area contributed by atoms with Gasteiger partial charge in [0.05, 0.1) is 5.69 Å². The highest BCUT2D eigenvalue weighted by atomic mass is 79.9. The molecule has 0 unspecified atom stereocenters. The van der Waals surface area contributed by atoms with Crippen molar-refractivity contribution in [3.8, 4) is 0 Å². The monoisotopic (exact) mass is 253 g/mol. The Balaban J connectivity index is 2.60. The van der Waals surface area contributed by atoms with Crippen molar-refractivity contribution in [1.82, 2.24) is 4.98 Å². The number of pyridine rings is 1. The summed E-state index contributed by atoms with van der Waals surface area (Å²) in [5.41, 5.74) is 0.803. The van der Waals surface area contributed by atoms with Crippen LogP contribution in [0.3, 0.4) is 0 Å². The second-order valence-corrected chi connectivity index (χ2v) is 3.87. The standard InChI is InChI=1S/C11H12BrNO/c1-2-3-11(14)7-6-10-5-4-9(12)8-13-10/h4-8H,2-3H2,1H3/b7-6+. The molecule has 0 radical (unpaired) electrons. The number of halogens is 1. The average Bonchev–Trinajstić information content (AvgIpc) is 2.17. The number of rotatable bonds is 4. The first-order valence-corrected chi connectivity index (χ1v) is 5.34. The molecule has 0 amide bonds. The Morgan fingerprint density at radius 2 is 2.36 bits per heavy atom. The van der Waals surface area contributed by atoms with Crippen LogP contribution in [0.1, 0.15) is 25.5 Å². The van der Waals surface area contributed by atoms with Gasteiger partial charge in [-0.1, -0.05) is 6.92 Å². The molecule has 0 aliphatic carbocycles. The van der Waals surface area contributed by atoms with Crippen molar-refractivity contribution in [2.75, 3.05) is 0 Å². The Bertz CT molecular complexity index is 330. The van der Waals surface area contributed by atoms with Crippen LogP contribution in [0.15, 0.2) is 28.9 Å². The van der Waals surface area contributed by atoms with Gasteiger partial charge in [0, 0.05) is 17.1 Å². The van der Waals surface area contributed by atoms with Gasteiger partial charge in [-0.05, 0) is 46.6 Å². The number of ketones is 1. The summed E-state index contributed by atoms with van der Waals surface area (Å²) in [4.78, 5) is 15.3. The van der Waals surface area contributed by atoms with Gasteiger partial charge in [0.15, 0.2) is 5.78 Å². The fraction of sp³-hybridized carbons (Fsp3) is 0.273. The molecule has 0 saturated heterocycles.